The maximum Gasteiger partial charge on any atom is 0.269 e. The molecule has 24 heavy (non-hydrogen) atoms. The van der Waals surface area contributed by atoms with Crippen molar-refractivity contribution in [3.05, 3.63) is 46.0 Å². The van der Waals surface area contributed by atoms with Gasteiger partial charge in [0.1, 0.15) is 16.6 Å². The fraction of sp³-hybridized carbons (Fsp3) is 0.188. The number of methoxy groups -OCH3 is 2. The molecule has 1 aromatic heterocycles. The normalized spacial score (nSPS) is 10.7. The van der Waals surface area contributed by atoms with Gasteiger partial charge in [-0.3, -0.25) is 10.2 Å². The van der Waals surface area contributed by atoms with Gasteiger partial charge in [0.15, 0.2) is 11.5 Å². The van der Waals surface area contributed by atoms with E-state index in [0.717, 1.165) is 5.69 Å². The highest BCUT2D eigenvalue weighted by atomic mass is 32.1. The van der Waals surface area contributed by atoms with E-state index in [4.69, 9.17) is 14.7 Å². The molecule has 1 aromatic carbocycles. The number of aryl methyl sites for hydroxylation is 1. The first-order valence-corrected chi connectivity index (χ1v) is 7.77. The number of nitrogens with zero attached hydrogens (tertiary/aromatic N) is 2. The second kappa shape index (κ2) is 7.99. The van der Waals surface area contributed by atoms with Crippen LogP contribution in [0.1, 0.15) is 21.1 Å². The van der Waals surface area contributed by atoms with Crippen molar-refractivity contribution in [3.63, 3.8) is 0 Å². The Balaban J connectivity index is 2.05. The number of benzene rings is 1. The first-order chi connectivity index (χ1) is 11.6. The number of carbonyl (C=O) groups excluding carboxylic acids is 1. The summed E-state index contributed by atoms with van der Waals surface area (Å²) >= 11 is 1.36. The van der Waals surface area contributed by atoms with Crippen LogP contribution in [0.2, 0.25) is 0 Å². The van der Waals surface area contributed by atoms with Crippen molar-refractivity contribution in [2.45, 2.75) is 6.92 Å². The van der Waals surface area contributed by atoms with Gasteiger partial charge in [0.25, 0.3) is 5.91 Å². The Morgan fingerprint density at radius 1 is 1.33 bits per heavy atom. The summed E-state index contributed by atoms with van der Waals surface area (Å²) in [7, 11) is 3.02. The summed E-state index contributed by atoms with van der Waals surface area (Å²) in [6, 6.07) is 6.85. The molecular weight excluding hydrogens is 328 g/mol. The molecule has 7 nitrogen and oxygen atoms in total. The van der Waals surface area contributed by atoms with Crippen molar-refractivity contribution < 1.29 is 14.3 Å². The van der Waals surface area contributed by atoms with Gasteiger partial charge in [-0.05, 0) is 25.1 Å². The number of hydrazine groups is 1. The second-order valence-electron chi connectivity index (χ2n) is 4.63. The van der Waals surface area contributed by atoms with E-state index < -0.39 is 0 Å². The van der Waals surface area contributed by atoms with Gasteiger partial charge in [0.05, 0.1) is 14.2 Å². The summed E-state index contributed by atoms with van der Waals surface area (Å²) in [6.07, 6.45) is 1.40. The molecule has 0 aliphatic rings. The number of nitrogens with one attached hydrogen (secondary N) is 2. The Morgan fingerprint density at radius 3 is 2.67 bits per heavy atom. The molecule has 0 bridgehead atoms. The van der Waals surface area contributed by atoms with Crippen molar-refractivity contribution in [1.82, 2.24) is 15.8 Å². The number of nitriles is 1. The molecule has 1 amide bonds. The predicted octanol–water partition coefficient (Wildman–Crippen LogP) is 2.27. The number of allylic oxidation sites excluding steroid dienone is 1. The van der Waals surface area contributed by atoms with Gasteiger partial charge in [-0.15, -0.1) is 11.3 Å². The van der Waals surface area contributed by atoms with Crippen LogP contribution in [0.3, 0.4) is 0 Å². The molecule has 2 aromatic rings. The van der Waals surface area contributed by atoms with Crippen molar-refractivity contribution in [1.29, 1.82) is 5.26 Å². The van der Waals surface area contributed by atoms with Gasteiger partial charge in [-0.1, -0.05) is 0 Å². The van der Waals surface area contributed by atoms with E-state index in [1.165, 1.54) is 31.8 Å². The van der Waals surface area contributed by atoms with E-state index in [0.29, 0.717) is 27.6 Å². The second-order valence-corrected chi connectivity index (χ2v) is 5.49. The Kier molecular flexibility index (Phi) is 5.76. The monoisotopic (exact) mass is 344 g/mol. The molecule has 0 aliphatic carbocycles. The van der Waals surface area contributed by atoms with Crippen LogP contribution in [0.4, 0.5) is 0 Å². The number of thiazole rings is 1. The average molecular weight is 344 g/mol. The highest BCUT2D eigenvalue weighted by molar-refractivity contribution is 7.10. The molecule has 0 atom stereocenters. The van der Waals surface area contributed by atoms with Gasteiger partial charge < -0.3 is 14.9 Å². The molecule has 0 radical (unpaired) electrons. The fourth-order valence-electron chi connectivity index (χ4n) is 1.84. The predicted molar refractivity (Wildman–Crippen MR) is 90.6 cm³/mol. The van der Waals surface area contributed by atoms with Crippen molar-refractivity contribution in [3.8, 4) is 17.6 Å². The maximum absolute atomic E-state index is 12.1. The minimum absolute atomic E-state index is 0.334. The molecule has 2 N–H and O–H groups in total. The lowest BCUT2D eigenvalue weighted by atomic mass is 10.2. The largest absolute Gasteiger partial charge is 0.493 e. The fourth-order valence-corrected chi connectivity index (χ4v) is 2.61. The molecule has 0 unspecified atom stereocenters. The van der Waals surface area contributed by atoms with Crippen LogP contribution < -0.4 is 20.3 Å². The third-order valence-corrected chi connectivity index (χ3v) is 4.01. The molecule has 0 spiro atoms. The highest BCUT2D eigenvalue weighted by Crippen LogP contribution is 2.27. The zero-order chi connectivity index (χ0) is 17.5. The molecule has 1 heterocycles. The average Bonchev–Trinajstić information content (AvgIpc) is 3.04. The first kappa shape index (κ1) is 17.3. The first-order valence-electron chi connectivity index (χ1n) is 6.89. The van der Waals surface area contributed by atoms with Gasteiger partial charge in [-0.2, -0.15) is 5.26 Å². The summed E-state index contributed by atoms with van der Waals surface area (Å²) in [4.78, 5) is 16.4. The van der Waals surface area contributed by atoms with E-state index in [9.17, 15) is 4.79 Å². The molecule has 8 heteroatoms. The van der Waals surface area contributed by atoms with Gasteiger partial charge in [0, 0.05) is 22.8 Å². The number of amides is 1. The standard InChI is InChI=1S/C16H16N4O3S/c1-10-9-24-16(19-10)12(7-17)8-18-20-15(21)11-4-5-13(22-2)14(6-11)23-3/h4-6,8-9,18H,1-3H3,(H,20,21)/b12-8+. The van der Waals surface area contributed by atoms with Crippen LogP contribution in [0.25, 0.3) is 5.57 Å². The van der Waals surface area contributed by atoms with Crippen molar-refractivity contribution in [2.24, 2.45) is 0 Å². The van der Waals surface area contributed by atoms with Crippen molar-refractivity contribution in [2.75, 3.05) is 14.2 Å². The topological polar surface area (TPSA) is 96.3 Å². The number of carbonyl (C=O) groups is 1. The number of hydrogen-bond donors (Lipinski definition) is 2. The van der Waals surface area contributed by atoms with Crippen LogP contribution in [0.15, 0.2) is 29.8 Å². The smallest absolute Gasteiger partial charge is 0.269 e. The van der Waals surface area contributed by atoms with Gasteiger partial charge in [0.2, 0.25) is 0 Å². The lowest BCUT2D eigenvalue weighted by molar-refractivity contribution is 0.0940. The Hall–Kier alpha value is -3.05. The van der Waals surface area contributed by atoms with Crippen molar-refractivity contribution >= 4 is 22.8 Å². The lowest BCUT2D eigenvalue weighted by Gasteiger charge is -2.10. The quantitative estimate of drug-likeness (QED) is 0.616. The van der Waals surface area contributed by atoms with Crippen LogP contribution in [-0.2, 0) is 0 Å². The minimum Gasteiger partial charge on any atom is -0.493 e. The molecule has 0 saturated carbocycles. The number of ether oxygens (including phenoxy) is 2. The molecule has 2 rings (SSSR count). The number of rotatable bonds is 6. The Morgan fingerprint density at radius 2 is 2.08 bits per heavy atom. The van der Waals surface area contributed by atoms with Crippen LogP contribution in [0, 0.1) is 18.3 Å². The summed E-state index contributed by atoms with van der Waals surface area (Å²) in [5.41, 5.74) is 6.67. The number of hydrogen-bond acceptors (Lipinski definition) is 7. The zero-order valence-corrected chi connectivity index (χ0v) is 14.2. The minimum atomic E-state index is -0.375. The highest BCUT2D eigenvalue weighted by Gasteiger charge is 2.10. The van der Waals surface area contributed by atoms with E-state index in [1.54, 1.807) is 18.2 Å². The Bertz CT molecular complexity index is 808. The number of aromatic nitrogens is 1. The molecular formula is C16H16N4O3S. The Labute approximate surface area is 143 Å². The van der Waals surface area contributed by atoms with E-state index in [1.807, 2.05) is 18.4 Å². The molecule has 0 saturated heterocycles. The van der Waals surface area contributed by atoms with Crippen LogP contribution >= 0.6 is 11.3 Å². The van der Waals surface area contributed by atoms with Crippen LogP contribution in [0.5, 0.6) is 11.5 Å². The third-order valence-electron chi connectivity index (χ3n) is 3.02. The summed E-state index contributed by atoms with van der Waals surface area (Å²) in [6.45, 7) is 1.85. The summed E-state index contributed by atoms with van der Waals surface area (Å²) in [5, 5.41) is 11.6. The van der Waals surface area contributed by atoms with Gasteiger partial charge in [-0.25, -0.2) is 4.98 Å². The van der Waals surface area contributed by atoms with Gasteiger partial charge >= 0.3 is 0 Å². The molecule has 0 aliphatic heterocycles. The SMILES string of the molecule is COc1ccc(C(=O)NN/C=C(\C#N)c2nc(C)cs2)cc1OC. The van der Waals surface area contributed by atoms with E-state index in [2.05, 4.69) is 15.8 Å². The lowest BCUT2D eigenvalue weighted by Crippen LogP contribution is -2.33. The van der Waals surface area contributed by atoms with Crippen LogP contribution in [-0.4, -0.2) is 25.1 Å². The van der Waals surface area contributed by atoms with E-state index >= 15 is 0 Å². The van der Waals surface area contributed by atoms with E-state index in [-0.39, 0.29) is 5.91 Å². The molecule has 124 valence electrons. The third kappa shape index (κ3) is 4.02. The zero-order valence-electron chi connectivity index (χ0n) is 13.4. The maximum atomic E-state index is 12.1. The summed E-state index contributed by atoms with van der Waals surface area (Å²) < 4.78 is 10.3. The summed E-state index contributed by atoms with van der Waals surface area (Å²) in [5.74, 6) is 0.615. The molecule has 0 fully saturated rings.